The lowest BCUT2D eigenvalue weighted by Crippen LogP contribution is -2.39. The topological polar surface area (TPSA) is 50.2 Å². The van der Waals surface area contributed by atoms with Crippen LogP contribution in [0.15, 0.2) is 23.0 Å². The standard InChI is InChI=1S/C18H24N4OS.ClH/c1-13-15(11-21(2)20-13)17(23)22(10-14-3-8-24-12-14)16-9-18(16)4-6-19-7-5-18;/h3,8,11-12,16,19H,4-7,9-10H2,1-2H3;1H. The molecule has 5 nitrogen and oxygen atoms in total. The van der Waals surface area contributed by atoms with Gasteiger partial charge in [0.2, 0.25) is 0 Å². The smallest absolute Gasteiger partial charge is 0.257 e. The molecule has 0 bridgehead atoms. The van der Waals surface area contributed by atoms with E-state index in [1.54, 1.807) is 16.0 Å². The summed E-state index contributed by atoms with van der Waals surface area (Å²) in [6.45, 7) is 4.77. The van der Waals surface area contributed by atoms with Crippen molar-refractivity contribution in [2.75, 3.05) is 13.1 Å². The molecule has 7 heteroatoms. The second-order valence-electron chi connectivity index (χ2n) is 7.20. The molecule has 2 aliphatic rings. The molecular formula is C18H25ClN4OS. The molecular weight excluding hydrogens is 356 g/mol. The second-order valence-corrected chi connectivity index (χ2v) is 7.98. The van der Waals surface area contributed by atoms with E-state index < -0.39 is 0 Å². The van der Waals surface area contributed by atoms with Gasteiger partial charge < -0.3 is 10.2 Å². The molecule has 3 heterocycles. The van der Waals surface area contributed by atoms with Crippen molar-refractivity contribution < 1.29 is 4.79 Å². The molecule has 1 spiro atoms. The van der Waals surface area contributed by atoms with Gasteiger partial charge in [-0.2, -0.15) is 16.4 Å². The van der Waals surface area contributed by atoms with Crippen molar-refractivity contribution in [2.24, 2.45) is 12.5 Å². The summed E-state index contributed by atoms with van der Waals surface area (Å²) in [5, 5.41) is 12.0. The molecule has 1 atom stereocenters. The van der Waals surface area contributed by atoms with Gasteiger partial charge in [-0.1, -0.05) is 0 Å². The number of rotatable bonds is 4. The number of aryl methyl sites for hydroxylation is 2. The summed E-state index contributed by atoms with van der Waals surface area (Å²) < 4.78 is 1.73. The zero-order valence-electron chi connectivity index (χ0n) is 14.7. The molecule has 2 aromatic heterocycles. The number of carbonyl (C=O) groups is 1. The first-order valence-corrected chi connectivity index (χ1v) is 9.56. The van der Waals surface area contributed by atoms with Crippen LogP contribution in [0.1, 0.15) is 40.9 Å². The second kappa shape index (κ2) is 7.09. The Bertz CT molecular complexity index is 736. The van der Waals surface area contributed by atoms with Crippen LogP contribution in [0.25, 0.3) is 0 Å². The first kappa shape index (κ1) is 18.4. The fourth-order valence-electron chi connectivity index (χ4n) is 4.10. The van der Waals surface area contributed by atoms with Gasteiger partial charge in [0.05, 0.1) is 11.3 Å². The average molecular weight is 381 g/mol. The monoisotopic (exact) mass is 380 g/mol. The Labute approximate surface area is 158 Å². The molecule has 1 saturated heterocycles. The Hall–Kier alpha value is -1.37. The van der Waals surface area contributed by atoms with Crippen LogP contribution in [0.2, 0.25) is 0 Å². The number of thiophene rings is 1. The molecule has 4 rings (SSSR count). The molecule has 136 valence electrons. The maximum atomic E-state index is 13.3. The van der Waals surface area contributed by atoms with E-state index in [-0.39, 0.29) is 18.3 Å². The number of hydrogen-bond donors (Lipinski definition) is 1. The van der Waals surface area contributed by atoms with Crippen LogP contribution in [-0.4, -0.2) is 39.7 Å². The number of hydrogen-bond acceptors (Lipinski definition) is 4. The SMILES string of the molecule is Cc1nn(C)cc1C(=O)N(Cc1ccsc1)C1CC12CCNCC2.Cl. The van der Waals surface area contributed by atoms with Gasteiger partial charge in [0.1, 0.15) is 0 Å². The van der Waals surface area contributed by atoms with E-state index in [0.717, 1.165) is 30.8 Å². The third kappa shape index (κ3) is 3.48. The van der Waals surface area contributed by atoms with Crippen molar-refractivity contribution in [3.8, 4) is 0 Å². The fraction of sp³-hybridized carbons (Fsp3) is 0.556. The van der Waals surface area contributed by atoms with E-state index in [2.05, 4.69) is 32.1 Å². The van der Waals surface area contributed by atoms with Crippen LogP contribution < -0.4 is 5.32 Å². The summed E-state index contributed by atoms with van der Waals surface area (Å²) >= 11 is 1.69. The average Bonchev–Trinajstić information content (AvgIpc) is 2.92. The van der Waals surface area contributed by atoms with Crippen LogP contribution in [-0.2, 0) is 13.6 Å². The molecule has 1 unspecified atom stereocenters. The van der Waals surface area contributed by atoms with Gasteiger partial charge in [-0.25, -0.2) is 0 Å². The van der Waals surface area contributed by atoms with Gasteiger partial charge in [0.15, 0.2) is 0 Å². The molecule has 2 aromatic rings. The number of piperidine rings is 1. The first-order chi connectivity index (χ1) is 11.6. The summed E-state index contributed by atoms with van der Waals surface area (Å²) in [7, 11) is 1.87. The summed E-state index contributed by atoms with van der Waals surface area (Å²) in [5.41, 5.74) is 3.12. The highest BCUT2D eigenvalue weighted by Gasteiger charge is 2.57. The quantitative estimate of drug-likeness (QED) is 0.887. The van der Waals surface area contributed by atoms with E-state index in [9.17, 15) is 4.79 Å². The van der Waals surface area contributed by atoms with E-state index in [1.165, 1.54) is 18.4 Å². The maximum absolute atomic E-state index is 13.3. The maximum Gasteiger partial charge on any atom is 0.257 e. The van der Waals surface area contributed by atoms with Crippen molar-refractivity contribution in [3.05, 3.63) is 39.8 Å². The van der Waals surface area contributed by atoms with Crippen molar-refractivity contribution in [1.82, 2.24) is 20.0 Å². The molecule has 2 fully saturated rings. The Balaban J connectivity index is 0.00000182. The number of nitrogens with zero attached hydrogens (tertiary/aromatic N) is 3. The van der Waals surface area contributed by atoms with Crippen molar-refractivity contribution in [2.45, 2.75) is 38.8 Å². The molecule has 1 amide bonds. The molecule has 25 heavy (non-hydrogen) atoms. The molecule has 0 aromatic carbocycles. The predicted octanol–water partition coefficient (Wildman–Crippen LogP) is 3.00. The van der Waals surface area contributed by atoms with E-state index in [0.29, 0.717) is 18.0 Å². The lowest BCUT2D eigenvalue weighted by molar-refractivity contribution is 0.0691. The summed E-state index contributed by atoms with van der Waals surface area (Å²) in [6.07, 6.45) is 5.36. The highest BCUT2D eigenvalue weighted by atomic mass is 35.5. The molecule has 1 aliphatic heterocycles. The minimum atomic E-state index is 0. The van der Waals surface area contributed by atoms with Crippen molar-refractivity contribution in [3.63, 3.8) is 0 Å². The zero-order valence-corrected chi connectivity index (χ0v) is 16.3. The van der Waals surface area contributed by atoms with Crippen LogP contribution in [0.5, 0.6) is 0 Å². The number of amides is 1. The summed E-state index contributed by atoms with van der Waals surface area (Å²) in [4.78, 5) is 15.4. The van der Waals surface area contributed by atoms with Crippen LogP contribution in [0.4, 0.5) is 0 Å². The largest absolute Gasteiger partial charge is 0.331 e. The van der Waals surface area contributed by atoms with Crippen molar-refractivity contribution >= 4 is 29.7 Å². The van der Waals surface area contributed by atoms with Gasteiger partial charge in [0, 0.05) is 25.8 Å². The molecule has 1 saturated carbocycles. The predicted molar refractivity (Wildman–Crippen MR) is 102 cm³/mol. The van der Waals surface area contributed by atoms with E-state index in [1.807, 2.05) is 20.2 Å². The Morgan fingerprint density at radius 2 is 2.24 bits per heavy atom. The van der Waals surface area contributed by atoms with Gasteiger partial charge >= 0.3 is 0 Å². The van der Waals surface area contributed by atoms with Crippen LogP contribution >= 0.6 is 23.7 Å². The highest BCUT2D eigenvalue weighted by molar-refractivity contribution is 7.07. The van der Waals surface area contributed by atoms with Gasteiger partial charge in [-0.05, 0) is 67.1 Å². The van der Waals surface area contributed by atoms with Crippen molar-refractivity contribution in [1.29, 1.82) is 0 Å². The number of nitrogens with one attached hydrogen (secondary N) is 1. The Morgan fingerprint density at radius 3 is 2.84 bits per heavy atom. The summed E-state index contributed by atoms with van der Waals surface area (Å²) in [6, 6.07) is 2.49. The molecule has 1 aliphatic carbocycles. The van der Waals surface area contributed by atoms with Crippen LogP contribution in [0, 0.1) is 12.3 Å². The molecule has 1 N–H and O–H groups in total. The van der Waals surface area contributed by atoms with Crippen LogP contribution in [0.3, 0.4) is 0 Å². The minimum Gasteiger partial charge on any atom is -0.331 e. The number of halogens is 1. The Morgan fingerprint density at radius 1 is 1.48 bits per heavy atom. The number of carbonyl (C=O) groups excluding carboxylic acids is 1. The summed E-state index contributed by atoms with van der Waals surface area (Å²) in [5.74, 6) is 0.132. The lowest BCUT2D eigenvalue weighted by atomic mass is 9.93. The fourth-order valence-corrected chi connectivity index (χ4v) is 4.76. The third-order valence-electron chi connectivity index (χ3n) is 5.56. The van der Waals surface area contributed by atoms with Gasteiger partial charge in [0.25, 0.3) is 5.91 Å². The zero-order chi connectivity index (χ0) is 16.7. The first-order valence-electron chi connectivity index (χ1n) is 8.62. The normalized spacial score (nSPS) is 21.0. The third-order valence-corrected chi connectivity index (χ3v) is 6.29. The van der Waals surface area contributed by atoms with E-state index in [4.69, 9.17) is 0 Å². The van der Waals surface area contributed by atoms with E-state index >= 15 is 0 Å². The Kier molecular flexibility index (Phi) is 5.23. The number of aromatic nitrogens is 2. The van der Waals surface area contributed by atoms with Gasteiger partial charge in [-0.3, -0.25) is 9.48 Å². The highest BCUT2D eigenvalue weighted by Crippen LogP contribution is 2.56. The minimum absolute atomic E-state index is 0. The molecule has 0 radical (unpaired) electrons. The van der Waals surface area contributed by atoms with Gasteiger partial charge in [-0.15, -0.1) is 12.4 Å². The lowest BCUT2D eigenvalue weighted by Gasteiger charge is -2.29.